The summed E-state index contributed by atoms with van der Waals surface area (Å²) >= 11 is 0. The molecule has 5 unspecified atom stereocenters. The van der Waals surface area contributed by atoms with Gasteiger partial charge in [-0.25, -0.2) is 9.59 Å². The average molecular weight is 1100 g/mol. The van der Waals surface area contributed by atoms with E-state index in [4.69, 9.17) is 33.2 Å². The maximum absolute atomic E-state index is 13.0. The van der Waals surface area contributed by atoms with Crippen LogP contribution in [0.4, 0.5) is 9.59 Å². The van der Waals surface area contributed by atoms with Gasteiger partial charge in [-0.1, -0.05) is 76.8 Å². The zero-order chi connectivity index (χ0) is 57.2. The standard InChI is InChI=1S/C58H91N5O15/c1-8-72-50(65)37-47(53(68)74-10-3)59-30-19-12-14-21-32-63(33-22-15-13-20-31-60-48(54(69)75-11-4)38-51(66)73-9-2)34-29-49(64)76-35-36-77-55(70)61-42-58(7)40-45(39-57(5,6)41-58)62-56(71)78-46-27-25-44(26-28-46)52(67)43-23-17-16-18-24-43/h16-18,23-28,45,47-48,53,59-60,68H,8-15,19-22,29-42H2,1-7H3,(H,61,70)(H,62,71). The summed E-state index contributed by atoms with van der Waals surface area (Å²) in [6, 6.07) is 13.8. The van der Waals surface area contributed by atoms with Gasteiger partial charge in [0, 0.05) is 36.9 Å². The van der Waals surface area contributed by atoms with Crippen molar-refractivity contribution in [2.24, 2.45) is 10.8 Å². The first-order chi connectivity index (χ1) is 37.4. The molecule has 2 amide bonds. The third-order valence-corrected chi connectivity index (χ3v) is 13.2. The van der Waals surface area contributed by atoms with E-state index in [9.17, 15) is 38.7 Å². The van der Waals surface area contributed by atoms with Crippen LogP contribution in [0, 0.1) is 10.8 Å². The number of hydrogen-bond donors (Lipinski definition) is 5. The number of carbonyl (C=O) groups is 7. The van der Waals surface area contributed by atoms with Crippen molar-refractivity contribution in [3.63, 3.8) is 0 Å². The van der Waals surface area contributed by atoms with E-state index in [1.54, 1.807) is 76.2 Å². The third-order valence-electron chi connectivity index (χ3n) is 13.2. The molecule has 5 N–H and O–H groups in total. The topological polar surface area (TPSA) is 256 Å². The van der Waals surface area contributed by atoms with E-state index < -0.39 is 54.4 Å². The molecule has 1 aliphatic carbocycles. The smallest absolute Gasteiger partial charge is 0.412 e. The number of amides is 2. The summed E-state index contributed by atoms with van der Waals surface area (Å²) in [5.74, 6) is -1.58. The lowest BCUT2D eigenvalue weighted by Crippen LogP contribution is -2.51. The molecule has 0 aliphatic heterocycles. The van der Waals surface area contributed by atoms with Gasteiger partial charge in [0.15, 0.2) is 12.1 Å². The highest BCUT2D eigenvalue weighted by Crippen LogP contribution is 2.46. The summed E-state index contributed by atoms with van der Waals surface area (Å²) in [7, 11) is 0. The minimum absolute atomic E-state index is 0.00261. The van der Waals surface area contributed by atoms with Crippen LogP contribution in [0.3, 0.4) is 0 Å². The molecule has 438 valence electrons. The Bertz CT molecular complexity index is 2090. The molecule has 2 aromatic carbocycles. The van der Waals surface area contributed by atoms with Crippen LogP contribution in [-0.2, 0) is 47.6 Å². The summed E-state index contributed by atoms with van der Waals surface area (Å²) in [6.45, 7) is 17.4. The van der Waals surface area contributed by atoms with Crippen LogP contribution in [0.2, 0.25) is 0 Å². The van der Waals surface area contributed by atoms with E-state index in [-0.39, 0.29) is 75.0 Å². The first kappa shape index (κ1) is 66.6. The van der Waals surface area contributed by atoms with E-state index in [0.717, 1.165) is 70.9 Å². The Hall–Kier alpha value is -5.67. The number of carbonyl (C=O) groups excluding carboxylic acids is 7. The average Bonchev–Trinajstić information content (AvgIpc) is 3.40. The Balaban J connectivity index is 1.42. The summed E-state index contributed by atoms with van der Waals surface area (Å²) < 4.78 is 37.0. The molecule has 5 atom stereocenters. The number of ether oxygens (including phenoxy) is 7. The molecule has 0 aromatic heterocycles. The van der Waals surface area contributed by atoms with Crippen LogP contribution in [0.5, 0.6) is 5.75 Å². The van der Waals surface area contributed by atoms with E-state index >= 15 is 0 Å². The summed E-state index contributed by atoms with van der Waals surface area (Å²) in [4.78, 5) is 90.4. The third kappa shape index (κ3) is 27.8. The summed E-state index contributed by atoms with van der Waals surface area (Å²) in [5.41, 5.74) is 0.514. The van der Waals surface area contributed by atoms with Crippen LogP contribution < -0.4 is 26.0 Å². The highest BCUT2D eigenvalue weighted by Gasteiger charge is 2.42. The molecule has 0 bridgehead atoms. The molecule has 0 spiro atoms. The molecule has 0 heterocycles. The molecule has 1 saturated carbocycles. The molecular formula is C58H91N5O15. The number of alkyl carbamates (subject to hydrolysis) is 1. The zero-order valence-electron chi connectivity index (χ0n) is 47.5. The van der Waals surface area contributed by atoms with Gasteiger partial charge in [-0.05, 0) is 134 Å². The number of aliphatic hydroxyl groups is 1. The van der Waals surface area contributed by atoms with Crippen molar-refractivity contribution in [3.05, 3.63) is 65.7 Å². The minimum Gasteiger partial charge on any atom is -0.466 e. The normalized spacial score (nSPS) is 17.0. The summed E-state index contributed by atoms with van der Waals surface area (Å²) in [6.07, 6.45) is 6.77. The van der Waals surface area contributed by atoms with Gasteiger partial charge in [0.1, 0.15) is 25.0 Å². The Morgan fingerprint density at radius 2 is 1.22 bits per heavy atom. The number of aliphatic hydroxyl groups excluding tert-OH is 1. The first-order valence-corrected chi connectivity index (χ1v) is 28.1. The van der Waals surface area contributed by atoms with Gasteiger partial charge in [-0.15, -0.1) is 0 Å². The minimum atomic E-state index is -1.13. The Labute approximate surface area is 462 Å². The number of nitrogens with one attached hydrogen (secondary N) is 4. The van der Waals surface area contributed by atoms with Gasteiger partial charge < -0.3 is 64.4 Å². The Kier molecular flexibility index (Phi) is 31.8. The maximum Gasteiger partial charge on any atom is 0.412 e. The van der Waals surface area contributed by atoms with Crippen LogP contribution >= 0.6 is 0 Å². The Morgan fingerprint density at radius 1 is 0.628 bits per heavy atom. The number of hydrogen-bond acceptors (Lipinski definition) is 18. The number of benzene rings is 2. The number of rotatable bonds is 39. The fourth-order valence-corrected chi connectivity index (χ4v) is 9.91. The van der Waals surface area contributed by atoms with Gasteiger partial charge >= 0.3 is 36.1 Å². The van der Waals surface area contributed by atoms with Crippen LogP contribution in [0.25, 0.3) is 0 Å². The number of nitrogens with zero attached hydrogens (tertiary/aromatic N) is 1. The van der Waals surface area contributed by atoms with Crippen molar-refractivity contribution in [1.82, 2.24) is 26.2 Å². The number of esters is 4. The first-order valence-electron chi connectivity index (χ1n) is 28.1. The summed E-state index contributed by atoms with van der Waals surface area (Å²) in [5, 5.41) is 22.6. The maximum atomic E-state index is 13.0. The quantitative estimate of drug-likeness (QED) is 0.0144. The van der Waals surface area contributed by atoms with Crippen molar-refractivity contribution in [2.45, 2.75) is 163 Å². The van der Waals surface area contributed by atoms with Crippen molar-refractivity contribution in [2.75, 3.05) is 78.9 Å². The molecule has 1 fully saturated rings. The number of unbranched alkanes of at least 4 members (excludes halogenated alkanes) is 6. The molecule has 2 aromatic rings. The van der Waals surface area contributed by atoms with E-state index in [2.05, 4.69) is 46.9 Å². The monoisotopic (exact) mass is 1100 g/mol. The highest BCUT2D eigenvalue weighted by molar-refractivity contribution is 6.09. The fraction of sp³-hybridized carbons (Fsp3) is 0.672. The molecule has 20 nitrogen and oxygen atoms in total. The van der Waals surface area contributed by atoms with Crippen LogP contribution in [0.1, 0.15) is 154 Å². The fourth-order valence-electron chi connectivity index (χ4n) is 9.91. The van der Waals surface area contributed by atoms with Crippen molar-refractivity contribution < 1.29 is 71.8 Å². The SMILES string of the molecule is CCOC(=O)CC(NCCCCCCN(CCCCCCNC(CC(=O)OCC)C(O)OCC)CCC(=O)OCCOC(=O)NCC1(C)CC(NC(=O)Oc2ccc(C(=O)c3ccccc3)cc2)CC(C)(C)C1)C(=O)OCC. The molecule has 20 heteroatoms. The van der Waals surface area contributed by atoms with E-state index in [0.29, 0.717) is 62.5 Å². The largest absolute Gasteiger partial charge is 0.466 e. The van der Waals surface area contributed by atoms with Gasteiger partial charge in [0.05, 0.1) is 45.1 Å². The van der Waals surface area contributed by atoms with Gasteiger partial charge in [-0.2, -0.15) is 0 Å². The zero-order valence-corrected chi connectivity index (χ0v) is 47.5. The molecule has 3 rings (SSSR count). The predicted molar refractivity (Wildman–Crippen MR) is 294 cm³/mol. The van der Waals surface area contributed by atoms with Gasteiger partial charge in [-0.3, -0.25) is 24.0 Å². The highest BCUT2D eigenvalue weighted by atomic mass is 16.6. The Morgan fingerprint density at radius 3 is 1.85 bits per heavy atom. The van der Waals surface area contributed by atoms with Crippen molar-refractivity contribution in [1.29, 1.82) is 0 Å². The lowest BCUT2D eigenvalue weighted by molar-refractivity contribution is -0.152. The van der Waals surface area contributed by atoms with Crippen molar-refractivity contribution in [3.8, 4) is 5.75 Å². The van der Waals surface area contributed by atoms with Gasteiger partial charge in [0.2, 0.25) is 0 Å². The van der Waals surface area contributed by atoms with E-state index in [1.165, 1.54) is 0 Å². The second kappa shape index (κ2) is 37.2. The van der Waals surface area contributed by atoms with Crippen molar-refractivity contribution >= 4 is 41.8 Å². The lowest BCUT2D eigenvalue weighted by Gasteiger charge is -2.46. The molecule has 78 heavy (non-hydrogen) atoms. The molecule has 1 aliphatic rings. The van der Waals surface area contributed by atoms with E-state index in [1.807, 2.05) is 6.07 Å². The lowest BCUT2D eigenvalue weighted by atomic mass is 9.62. The predicted octanol–water partition coefficient (Wildman–Crippen LogP) is 7.41. The molecule has 0 saturated heterocycles. The van der Waals surface area contributed by atoms with Gasteiger partial charge in [0.25, 0.3) is 0 Å². The molecule has 0 radical (unpaired) electrons. The second-order valence-corrected chi connectivity index (χ2v) is 20.8. The van der Waals surface area contributed by atoms with Crippen LogP contribution in [0.15, 0.2) is 54.6 Å². The second-order valence-electron chi connectivity index (χ2n) is 20.8. The van der Waals surface area contributed by atoms with Crippen LogP contribution in [-0.4, -0.2) is 155 Å². The number of ketones is 1. The molecular weight excluding hydrogens is 1010 g/mol.